The zero-order chi connectivity index (χ0) is 73.7. The minimum absolute atomic E-state index is 0.0284. The number of nitrogens with zero attached hydrogens (tertiary/aromatic N) is 2. The molecule has 0 bridgehead atoms. The second kappa shape index (κ2) is 24.6. The second-order valence-corrected chi connectivity index (χ2v) is 32.3. The summed E-state index contributed by atoms with van der Waals surface area (Å²) in [5.41, 5.74) is 34.0. The molecule has 520 valence electrons. The molecule has 0 saturated heterocycles. The van der Waals surface area contributed by atoms with E-state index in [4.69, 9.17) is 0 Å². The monoisotopic (exact) mass is 1390 g/mol. The zero-order valence-electron chi connectivity index (χ0n) is 62.4. The first-order valence-corrected chi connectivity index (χ1v) is 38.4. The molecule has 109 heavy (non-hydrogen) atoms. The minimum Gasteiger partial charge on any atom is -0.310 e. The Balaban J connectivity index is 0.824. The van der Waals surface area contributed by atoms with Crippen LogP contribution in [-0.2, 0) is 27.1 Å². The number of anilines is 6. The van der Waals surface area contributed by atoms with Crippen molar-refractivity contribution < 1.29 is 0 Å². The van der Waals surface area contributed by atoms with E-state index in [1.165, 1.54) is 144 Å². The first-order chi connectivity index (χ1) is 53.2. The molecule has 20 rings (SSSR count). The lowest BCUT2D eigenvalue weighted by atomic mass is 9.67. The van der Waals surface area contributed by atoms with Gasteiger partial charge in [-0.15, -0.1) is 0 Å². The van der Waals surface area contributed by atoms with Crippen molar-refractivity contribution >= 4 is 67.8 Å². The number of benzene rings is 16. The Morgan fingerprint density at radius 3 is 0.807 bits per heavy atom. The van der Waals surface area contributed by atoms with Gasteiger partial charge in [0.2, 0.25) is 0 Å². The molecule has 4 aliphatic rings. The van der Waals surface area contributed by atoms with Crippen LogP contribution in [0.25, 0.3) is 78.2 Å². The molecule has 2 heteroatoms. The topological polar surface area (TPSA) is 6.48 Å². The van der Waals surface area contributed by atoms with Gasteiger partial charge in [0.05, 0.1) is 27.6 Å². The van der Waals surface area contributed by atoms with Crippen LogP contribution in [0.2, 0.25) is 0 Å². The Hall–Kier alpha value is -12.9. The molecule has 0 aliphatic heterocycles. The van der Waals surface area contributed by atoms with E-state index in [9.17, 15) is 0 Å². The fourth-order valence-electron chi connectivity index (χ4n) is 19.6. The zero-order valence-corrected chi connectivity index (χ0v) is 62.4. The molecular formula is C107H82N2. The first-order valence-electron chi connectivity index (χ1n) is 38.4. The maximum atomic E-state index is 4.21. The molecule has 2 nitrogen and oxygen atoms in total. The fraction of sp³-hybridized carbons (Fsp3) is 0.103. The van der Waals surface area contributed by atoms with Crippen molar-refractivity contribution in [3.8, 4) is 44.5 Å². The van der Waals surface area contributed by atoms with Gasteiger partial charge in [0, 0.05) is 33.5 Å². The highest BCUT2D eigenvalue weighted by molar-refractivity contribution is 6.04. The van der Waals surface area contributed by atoms with E-state index in [1.807, 2.05) is 12.2 Å². The van der Waals surface area contributed by atoms with E-state index >= 15 is 0 Å². The van der Waals surface area contributed by atoms with E-state index in [0.717, 1.165) is 45.3 Å². The van der Waals surface area contributed by atoms with Gasteiger partial charge < -0.3 is 9.80 Å². The molecule has 2 unspecified atom stereocenters. The molecule has 0 saturated carbocycles. The van der Waals surface area contributed by atoms with E-state index in [0.29, 0.717) is 0 Å². The molecule has 0 heterocycles. The van der Waals surface area contributed by atoms with E-state index in [-0.39, 0.29) is 10.8 Å². The van der Waals surface area contributed by atoms with Crippen LogP contribution in [-0.4, -0.2) is 0 Å². The summed E-state index contributed by atoms with van der Waals surface area (Å²) in [5.74, 6) is 0. The van der Waals surface area contributed by atoms with Crippen LogP contribution in [0.15, 0.2) is 365 Å². The maximum absolute atomic E-state index is 4.21. The summed E-state index contributed by atoms with van der Waals surface area (Å²) >= 11 is 0. The summed E-state index contributed by atoms with van der Waals surface area (Å²) in [6, 6.07) is 135. The SMILES string of the molecule is C=Cc1ccc(C2(c3ccc(C(C)(C)C)cc3)c3ccccc3-c3ccc(N(c4ccc5c(c4)C4(c6ccccc6-5)c5ccccc5-c5ccc(N(c6ccc7c(c6)C(c6ccc(C=C)cc6)(c6ccc(C(C)(C)C)cc6)c6ccccc6-7)c6cccc7ccccc67)cc54)c4cccc5ccccc45)cc32)cc1. The Morgan fingerprint density at radius 2 is 0.495 bits per heavy atom. The smallest absolute Gasteiger partial charge is 0.0727 e. The lowest BCUT2D eigenvalue weighted by Gasteiger charge is -2.36. The van der Waals surface area contributed by atoms with Crippen LogP contribution in [0.1, 0.15) is 131 Å². The molecular weight excluding hydrogens is 1310 g/mol. The van der Waals surface area contributed by atoms with Crippen molar-refractivity contribution in [2.75, 3.05) is 9.80 Å². The molecule has 0 radical (unpaired) electrons. The Kier molecular flexibility index (Phi) is 14.8. The number of fused-ring (bicyclic) bond motifs is 18. The molecule has 2 atom stereocenters. The third kappa shape index (κ3) is 9.60. The summed E-state index contributed by atoms with van der Waals surface area (Å²) in [6.45, 7) is 22.2. The number of rotatable bonds is 12. The quantitative estimate of drug-likeness (QED) is 0.120. The van der Waals surface area contributed by atoms with Gasteiger partial charge in [-0.2, -0.15) is 0 Å². The van der Waals surface area contributed by atoms with Crippen LogP contribution in [0.5, 0.6) is 0 Å². The van der Waals surface area contributed by atoms with Gasteiger partial charge in [0.25, 0.3) is 0 Å². The summed E-state index contributed by atoms with van der Waals surface area (Å²) in [4.78, 5) is 5.13. The third-order valence-electron chi connectivity index (χ3n) is 24.7. The summed E-state index contributed by atoms with van der Waals surface area (Å²) in [6.07, 6.45) is 3.90. The average molecular weight is 1400 g/mol. The van der Waals surface area contributed by atoms with Gasteiger partial charge in [-0.25, -0.2) is 0 Å². The van der Waals surface area contributed by atoms with Gasteiger partial charge in [-0.1, -0.05) is 358 Å². The van der Waals surface area contributed by atoms with Crippen molar-refractivity contribution in [1.29, 1.82) is 0 Å². The van der Waals surface area contributed by atoms with Gasteiger partial charge in [0.15, 0.2) is 0 Å². The van der Waals surface area contributed by atoms with E-state index < -0.39 is 16.2 Å². The van der Waals surface area contributed by atoms with Crippen LogP contribution in [0.4, 0.5) is 34.1 Å². The highest BCUT2D eigenvalue weighted by Gasteiger charge is 2.53. The summed E-state index contributed by atoms with van der Waals surface area (Å²) < 4.78 is 0. The normalized spacial score (nSPS) is 16.7. The van der Waals surface area contributed by atoms with Crippen molar-refractivity contribution in [3.05, 3.63) is 454 Å². The standard InChI is InChI=1S/C107H82N2/c1-9-69-41-45-75(46-42-69)105(77-53-49-73(50-54-77)103(3,4)5)93-35-19-15-31-85(93)89-61-57-79(65-97(89)105)108(101-39-23-27-71-25-11-13-29-83(71)101)81-59-63-91-87-33-17-21-37-95(87)107(99(91)67-81)96-38-22-18-34-88(96)92-64-60-82(68-100(92)107)109(102-40-24-28-72-26-12-14-30-84(72)102)80-58-62-90-86-32-16-20-36-94(86)106(98(90)66-80,76-47-43-70(10-2)44-48-76)78-55-51-74(52-56-78)104(6,7)8/h9-68H,1-2H2,3-8H3. The fourth-order valence-corrected chi connectivity index (χ4v) is 19.6. The molecule has 1 spiro atoms. The van der Waals surface area contributed by atoms with Crippen molar-refractivity contribution in [1.82, 2.24) is 0 Å². The Bertz CT molecular complexity index is 6010. The summed E-state index contributed by atoms with van der Waals surface area (Å²) in [5, 5.41) is 4.69. The van der Waals surface area contributed by atoms with Crippen molar-refractivity contribution in [2.24, 2.45) is 0 Å². The van der Waals surface area contributed by atoms with Crippen LogP contribution in [0, 0.1) is 0 Å². The van der Waals surface area contributed by atoms with E-state index in [1.54, 1.807) is 0 Å². The molecule has 0 N–H and O–H groups in total. The Morgan fingerprint density at radius 1 is 0.239 bits per heavy atom. The van der Waals surface area contributed by atoms with E-state index in [2.05, 4.69) is 416 Å². The molecule has 16 aromatic rings. The lowest BCUT2D eigenvalue weighted by Crippen LogP contribution is -2.29. The van der Waals surface area contributed by atoms with Crippen molar-refractivity contribution in [2.45, 2.75) is 68.6 Å². The largest absolute Gasteiger partial charge is 0.310 e. The highest BCUT2D eigenvalue weighted by atomic mass is 15.2. The molecule has 16 aromatic carbocycles. The summed E-state index contributed by atoms with van der Waals surface area (Å²) in [7, 11) is 0. The molecule has 0 fully saturated rings. The Labute approximate surface area is 640 Å². The van der Waals surface area contributed by atoms with Crippen LogP contribution < -0.4 is 9.80 Å². The first kappa shape index (κ1) is 65.6. The van der Waals surface area contributed by atoms with Gasteiger partial charge in [0.1, 0.15) is 0 Å². The maximum Gasteiger partial charge on any atom is 0.0727 e. The molecule has 0 amide bonds. The minimum atomic E-state index is -0.754. The second-order valence-electron chi connectivity index (χ2n) is 32.3. The predicted molar refractivity (Wildman–Crippen MR) is 459 cm³/mol. The van der Waals surface area contributed by atoms with Crippen LogP contribution >= 0.6 is 0 Å². The van der Waals surface area contributed by atoms with Gasteiger partial charge in [-0.05, 0) is 216 Å². The van der Waals surface area contributed by atoms with Gasteiger partial charge >= 0.3 is 0 Å². The molecule has 0 aromatic heterocycles. The van der Waals surface area contributed by atoms with Crippen LogP contribution in [0.3, 0.4) is 0 Å². The number of hydrogen-bond acceptors (Lipinski definition) is 2. The number of hydrogen-bond donors (Lipinski definition) is 0. The molecule has 4 aliphatic carbocycles. The van der Waals surface area contributed by atoms with Crippen molar-refractivity contribution in [3.63, 3.8) is 0 Å². The third-order valence-corrected chi connectivity index (χ3v) is 24.7. The lowest BCUT2D eigenvalue weighted by molar-refractivity contribution is 0.589. The highest BCUT2D eigenvalue weighted by Crippen LogP contribution is 2.66. The average Bonchev–Trinajstić information content (AvgIpc) is 1.51. The van der Waals surface area contributed by atoms with Gasteiger partial charge in [-0.3, -0.25) is 0 Å². The predicted octanol–water partition coefficient (Wildman–Crippen LogP) is 27.9.